The van der Waals surface area contributed by atoms with Gasteiger partial charge in [-0.25, -0.2) is 0 Å². The second-order valence-electron chi connectivity index (χ2n) is 5.43. The van der Waals surface area contributed by atoms with E-state index in [0.29, 0.717) is 0 Å². The lowest BCUT2D eigenvalue weighted by Gasteiger charge is -2.12. The molecule has 4 heteroatoms. The fraction of sp³-hybridized carbons (Fsp3) is 0.158. The van der Waals surface area contributed by atoms with Gasteiger partial charge in [0.15, 0.2) is 0 Å². The first-order chi connectivity index (χ1) is 11.2. The van der Waals surface area contributed by atoms with E-state index in [1.165, 1.54) is 4.90 Å². The van der Waals surface area contributed by atoms with Crippen molar-refractivity contribution >= 4 is 34.3 Å². The summed E-state index contributed by atoms with van der Waals surface area (Å²) in [6.45, 7) is 1.95. The number of nitrogens with one attached hydrogen (secondary N) is 1. The Bertz CT molecular complexity index is 805. The second kappa shape index (κ2) is 7.29. The topological polar surface area (TPSA) is 42.0 Å². The van der Waals surface area contributed by atoms with Crippen molar-refractivity contribution in [2.75, 3.05) is 11.1 Å². The van der Waals surface area contributed by atoms with Crippen LogP contribution in [0.4, 0.5) is 5.69 Å². The predicted molar refractivity (Wildman–Crippen MR) is 96.7 cm³/mol. The molecule has 23 heavy (non-hydrogen) atoms. The van der Waals surface area contributed by atoms with Crippen LogP contribution in [0.1, 0.15) is 6.92 Å². The highest BCUT2D eigenvalue weighted by molar-refractivity contribution is 7.99. The lowest BCUT2D eigenvalue weighted by Crippen LogP contribution is -2.22. The Morgan fingerprint density at radius 2 is 1.96 bits per heavy atom. The number of carbonyl (C=O) groups is 1. The number of benzene rings is 2. The highest BCUT2D eigenvalue weighted by Crippen LogP contribution is 2.22. The Balaban J connectivity index is 1.60. The molecule has 3 rings (SSSR count). The van der Waals surface area contributed by atoms with Crippen molar-refractivity contribution in [1.82, 2.24) is 4.98 Å². The van der Waals surface area contributed by atoms with E-state index >= 15 is 0 Å². The van der Waals surface area contributed by atoms with Gasteiger partial charge in [0, 0.05) is 33.8 Å². The minimum absolute atomic E-state index is 0.0386. The molecule has 0 aliphatic heterocycles. The SMILES string of the molecule is CC(CSc1ccccc1)C(=O)Nc1ccc2ncccc2c1. The summed E-state index contributed by atoms with van der Waals surface area (Å²) in [4.78, 5) is 17.8. The van der Waals surface area contributed by atoms with Gasteiger partial charge in [-0.1, -0.05) is 31.2 Å². The Morgan fingerprint density at radius 3 is 2.78 bits per heavy atom. The van der Waals surface area contributed by atoms with Crippen molar-refractivity contribution in [2.45, 2.75) is 11.8 Å². The summed E-state index contributed by atoms with van der Waals surface area (Å²) in [7, 11) is 0. The quantitative estimate of drug-likeness (QED) is 0.698. The zero-order chi connectivity index (χ0) is 16.1. The molecular formula is C19H18N2OS. The van der Waals surface area contributed by atoms with Crippen LogP contribution in [0.15, 0.2) is 71.8 Å². The Labute approximate surface area is 140 Å². The number of carbonyl (C=O) groups excluding carboxylic acids is 1. The van der Waals surface area contributed by atoms with Crippen LogP contribution in [-0.4, -0.2) is 16.6 Å². The first-order valence-electron chi connectivity index (χ1n) is 7.56. The molecule has 1 atom stereocenters. The Morgan fingerprint density at radius 1 is 1.13 bits per heavy atom. The van der Waals surface area contributed by atoms with Gasteiger partial charge in [-0.2, -0.15) is 0 Å². The molecule has 3 aromatic rings. The molecule has 1 heterocycles. The van der Waals surface area contributed by atoms with Crippen LogP contribution < -0.4 is 5.32 Å². The number of hydrogen-bond donors (Lipinski definition) is 1. The van der Waals surface area contributed by atoms with Crippen LogP contribution in [0.3, 0.4) is 0 Å². The second-order valence-corrected chi connectivity index (χ2v) is 6.52. The Hall–Kier alpha value is -2.33. The lowest BCUT2D eigenvalue weighted by molar-refractivity contribution is -0.118. The van der Waals surface area contributed by atoms with Gasteiger partial charge in [0.1, 0.15) is 0 Å². The lowest BCUT2D eigenvalue weighted by atomic mass is 10.1. The van der Waals surface area contributed by atoms with Gasteiger partial charge in [0.05, 0.1) is 5.52 Å². The number of thioether (sulfide) groups is 1. The molecule has 0 saturated heterocycles. The van der Waals surface area contributed by atoms with Crippen LogP contribution in [0, 0.1) is 5.92 Å². The number of aromatic nitrogens is 1. The zero-order valence-electron chi connectivity index (χ0n) is 12.9. The highest BCUT2D eigenvalue weighted by Gasteiger charge is 2.13. The molecule has 0 fully saturated rings. The van der Waals surface area contributed by atoms with Crippen molar-refractivity contribution in [2.24, 2.45) is 5.92 Å². The molecule has 0 aliphatic carbocycles. The number of nitrogens with zero attached hydrogens (tertiary/aromatic N) is 1. The van der Waals surface area contributed by atoms with Crippen LogP contribution >= 0.6 is 11.8 Å². The van der Waals surface area contributed by atoms with Crippen molar-refractivity contribution < 1.29 is 4.79 Å². The van der Waals surface area contributed by atoms with Gasteiger partial charge in [0.2, 0.25) is 5.91 Å². The summed E-state index contributed by atoms with van der Waals surface area (Å²) in [5.41, 5.74) is 1.74. The van der Waals surface area contributed by atoms with E-state index in [1.54, 1.807) is 18.0 Å². The summed E-state index contributed by atoms with van der Waals surface area (Å²) >= 11 is 1.70. The van der Waals surface area contributed by atoms with E-state index in [4.69, 9.17) is 0 Å². The minimum atomic E-state index is -0.0650. The maximum atomic E-state index is 12.3. The average Bonchev–Trinajstić information content (AvgIpc) is 2.60. The first-order valence-corrected chi connectivity index (χ1v) is 8.54. The first kappa shape index (κ1) is 15.6. The zero-order valence-corrected chi connectivity index (χ0v) is 13.7. The monoisotopic (exact) mass is 322 g/mol. The van der Waals surface area contributed by atoms with Crippen LogP contribution in [0.5, 0.6) is 0 Å². The van der Waals surface area contributed by atoms with E-state index in [1.807, 2.05) is 55.5 Å². The third-order valence-electron chi connectivity index (χ3n) is 3.56. The summed E-state index contributed by atoms with van der Waals surface area (Å²) in [6, 6.07) is 19.8. The summed E-state index contributed by atoms with van der Waals surface area (Å²) < 4.78 is 0. The van der Waals surface area contributed by atoms with Crippen LogP contribution in [0.25, 0.3) is 10.9 Å². The highest BCUT2D eigenvalue weighted by atomic mass is 32.2. The largest absolute Gasteiger partial charge is 0.326 e. The Kier molecular flexibility index (Phi) is 4.93. The van der Waals surface area contributed by atoms with Crippen LogP contribution in [0.2, 0.25) is 0 Å². The number of pyridine rings is 1. The minimum Gasteiger partial charge on any atom is -0.326 e. The van der Waals surface area contributed by atoms with Gasteiger partial charge in [-0.3, -0.25) is 9.78 Å². The standard InChI is InChI=1S/C19H18N2OS/c1-14(13-23-17-7-3-2-4-8-17)19(22)21-16-9-10-18-15(12-16)6-5-11-20-18/h2-12,14H,13H2,1H3,(H,21,22). The fourth-order valence-corrected chi connectivity index (χ4v) is 3.18. The summed E-state index contributed by atoms with van der Waals surface area (Å²) in [6.07, 6.45) is 1.77. The third kappa shape index (κ3) is 4.11. The number of rotatable bonds is 5. The normalized spacial score (nSPS) is 12.0. The molecule has 0 aliphatic rings. The predicted octanol–water partition coefficient (Wildman–Crippen LogP) is 4.60. The molecule has 1 unspecified atom stereocenters. The average molecular weight is 322 g/mol. The summed E-state index contributed by atoms with van der Waals surface area (Å²) in [5, 5.41) is 4.01. The molecule has 1 aromatic heterocycles. The van der Waals surface area contributed by atoms with Gasteiger partial charge in [-0.05, 0) is 36.4 Å². The van der Waals surface area contributed by atoms with Crippen molar-refractivity contribution in [3.8, 4) is 0 Å². The smallest absolute Gasteiger partial charge is 0.228 e. The number of anilines is 1. The molecule has 0 radical (unpaired) electrons. The molecule has 1 amide bonds. The van der Waals surface area contributed by atoms with E-state index in [9.17, 15) is 4.79 Å². The molecule has 116 valence electrons. The van der Waals surface area contributed by atoms with E-state index in [2.05, 4.69) is 22.4 Å². The molecular weight excluding hydrogens is 304 g/mol. The molecule has 0 saturated carbocycles. The molecule has 0 bridgehead atoms. The fourth-order valence-electron chi connectivity index (χ4n) is 2.23. The maximum Gasteiger partial charge on any atom is 0.228 e. The molecule has 3 nitrogen and oxygen atoms in total. The van der Waals surface area contributed by atoms with E-state index < -0.39 is 0 Å². The van der Waals surface area contributed by atoms with Crippen molar-refractivity contribution in [3.05, 3.63) is 66.9 Å². The molecule has 1 N–H and O–H groups in total. The van der Waals surface area contributed by atoms with E-state index in [-0.39, 0.29) is 11.8 Å². The maximum absolute atomic E-state index is 12.3. The number of amides is 1. The van der Waals surface area contributed by atoms with Gasteiger partial charge in [0.25, 0.3) is 0 Å². The van der Waals surface area contributed by atoms with E-state index in [0.717, 1.165) is 22.3 Å². The summed E-state index contributed by atoms with van der Waals surface area (Å²) in [5.74, 6) is 0.729. The van der Waals surface area contributed by atoms with Crippen molar-refractivity contribution in [1.29, 1.82) is 0 Å². The third-order valence-corrected chi connectivity index (χ3v) is 4.83. The van der Waals surface area contributed by atoms with Crippen molar-refractivity contribution in [3.63, 3.8) is 0 Å². The van der Waals surface area contributed by atoms with Gasteiger partial charge >= 0.3 is 0 Å². The van der Waals surface area contributed by atoms with Gasteiger partial charge < -0.3 is 5.32 Å². The van der Waals surface area contributed by atoms with Gasteiger partial charge in [-0.15, -0.1) is 11.8 Å². The molecule has 2 aromatic carbocycles. The molecule has 0 spiro atoms. The number of hydrogen-bond acceptors (Lipinski definition) is 3. The van der Waals surface area contributed by atoms with Crippen LogP contribution in [-0.2, 0) is 4.79 Å². The number of fused-ring (bicyclic) bond motifs is 1.